The summed E-state index contributed by atoms with van der Waals surface area (Å²) in [4.78, 5) is 15.3. The summed E-state index contributed by atoms with van der Waals surface area (Å²) in [7, 11) is 0. The predicted octanol–water partition coefficient (Wildman–Crippen LogP) is 3.76. The van der Waals surface area contributed by atoms with Gasteiger partial charge in [-0.1, -0.05) is 29.8 Å². The van der Waals surface area contributed by atoms with Crippen LogP contribution in [0, 0.1) is 0 Å². The molecule has 30 heavy (non-hydrogen) atoms. The summed E-state index contributed by atoms with van der Waals surface area (Å²) in [6.45, 7) is 0.268. The van der Waals surface area contributed by atoms with E-state index in [1.165, 1.54) is 11.6 Å². The molecule has 1 aromatic heterocycles. The van der Waals surface area contributed by atoms with Crippen molar-refractivity contribution in [1.29, 1.82) is 0 Å². The number of aliphatic hydroxyl groups is 1. The molecule has 3 rings (SSSR count). The quantitative estimate of drug-likeness (QED) is 0.163. The summed E-state index contributed by atoms with van der Waals surface area (Å²) in [5.41, 5.74) is 5.39. The van der Waals surface area contributed by atoms with E-state index in [4.69, 9.17) is 16.8 Å². The van der Waals surface area contributed by atoms with Crippen LogP contribution in [-0.2, 0) is 4.79 Å². The van der Waals surface area contributed by atoms with Gasteiger partial charge in [0.1, 0.15) is 6.23 Å². The lowest BCUT2D eigenvalue weighted by atomic mass is 10.1. The van der Waals surface area contributed by atoms with Crippen molar-refractivity contribution in [1.82, 2.24) is 10.5 Å². The Kier molecular flexibility index (Phi) is 7.40. The van der Waals surface area contributed by atoms with Crippen molar-refractivity contribution >= 4 is 35.0 Å². The van der Waals surface area contributed by atoms with Crippen LogP contribution in [0.4, 0.5) is 11.4 Å². The lowest BCUT2D eigenvalue weighted by molar-refractivity contribution is -0.124. The molecule has 0 aliphatic heterocycles. The average molecular weight is 425 g/mol. The van der Waals surface area contributed by atoms with Gasteiger partial charge in [0, 0.05) is 29.2 Å². The van der Waals surface area contributed by atoms with E-state index in [-0.39, 0.29) is 6.54 Å². The number of hydroxylamine groups is 1. The number of aliphatic hydroxyl groups excluding tert-OH is 1. The molecule has 0 aliphatic carbocycles. The molecule has 0 fully saturated rings. The SMILES string of the molecule is O=C(/C=C/c1ccc(NCC(O)Nc2ccc(Cl)c(-c3ccccn3)c2)cc1)NO. The fourth-order valence-corrected chi connectivity index (χ4v) is 2.93. The largest absolute Gasteiger partial charge is 0.381 e. The lowest BCUT2D eigenvalue weighted by Gasteiger charge is -2.17. The van der Waals surface area contributed by atoms with Gasteiger partial charge in [-0.25, -0.2) is 5.48 Å². The van der Waals surface area contributed by atoms with Crippen LogP contribution in [0.15, 0.2) is 72.9 Å². The summed E-state index contributed by atoms with van der Waals surface area (Å²) in [5.74, 6) is -0.597. The molecule has 5 N–H and O–H groups in total. The third-order valence-electron chi connectivity index (χ3n) is 4.19. The molecule has 1 atom stereocenters. The number of hydrogen-bond acceptors (Lipinski definition) is 6. The first-order valence-corrected chi connectivity index (χ1v) is 9.54. The number of amides is 1. The highest BCUT2D eigenvalue weighted by atomic mass is 35.5. The van der Waals surface area contributed by atoms with E-state index in [9.17, 15) is 9.90 Å². The van der Waals surface area contributed by atoms with Crippen molar-refractivity contribution in [3.8, 4) is 11.3 Å². The number of hydrogen-bond donors (Lipinski definition) is 5. The number of rotatable bonds is 8. The highest BCUT2D eigenvalue weighted by Gasteiger charge is 2.09. The number of nitrogens with one attached hydrogen (secondary N) is 3. The van der Waals surface area contributed by atoms with Crippen molar-refractivity contribution in [3.05, 3.63) is 83.5 Å². The molecule has 1 unspecified atom stereocenters. The number of halogens is 1. The summed E-state index contributed by atoms with van der Waals surface area (Å²) < 4.78 is 0. The molecule has 1 amide bonds. The second kappa shape index (κ2) is 10.4. The monoisotopic (exact) mass is 424 g/mol. The molecular weight excluding hydrogens is 404 g/mol. The Labute approximate surface area is 179 Å². The molecule has 0 bridgehead atoms. The molecule has 0 saturated carbocycles. The minimum absolute atomic E-state index is 0.268. The molecule has 154 valence electrons. The smallest absolute Gasteiger partial charge is 0.267 e. The maximum Gasteiger partial charge on any atom is 0.267 e. The molecule has 7 nitrogen and oxygen atoms in total. The Morgan fingerprint density at radius 1 is 1.10 bits per heavy atom. The fraction of sp³-hybridized carbons (Fsp3) is 0.0909. The van der Waals surface area contributed by atoms with Gasteiger partial charge < -0.3 is 15.7 Å². The number of benzene rings is 2. The van der Waals surface area contributed by atoms with Crippen LogP contribution in [0.3, 0.4) is 0 Å². The molecule has 1 heterocycles. The highest BCUT2D eigenvalue weighted by molar-refractivity contribution is 6.33. The summed E-state index contributed by atoms with van der Waals surface area (Å²) in [6, 6.07) is 18.3. The van der Waals surface area contributed by atoms with E-state index < -0.39 is 12.1 Å². The minimum Gasteiger partial charge on any atom is -0.381 e. The van der Waals surface area contributed by atoms with Gasteiger partial charge >= 0.3 is 0 Å². The fourth-order valence-electron chi connectivity index (χ4n) is 2.71. The highest BCUT2D eigenvalue weighted by Crippen LogP contribution is 2.29. The topological polar surface area (TPSA) is 107 Å². The Morgan fingerprint density at radius 2 is 1.87 bits per heavy atom. The maximum atomic E-state index is 11.0. The van der Waals surface area contributed by atoms with E-state index in [0.717, 1.165) is 28.2 Å². The van der Waals surface area contributed by atoms with E-state index in [2.05, 4.69) is 15.6 Å². The summed E-state index contributed by atoms with van der Waals surface area (Å²) in [6.07, 6.45) is 3.66. The van der Waals surface area contributed by atoms with E-state index >= 15 is 0 Å². The second-order valence-electron chi connectivity index (χ2n) is 6.38. The number of carbonyl (C=O) groups excluding carboxylic acids is 1. The molecule has 0 aliphatic rings. The number of pyridine rings is 1. The molecule has 0 radical (unpaired) electrons. The standard InChI is InChI=1S/C22H21ClN4O3/c23-19-10-9-17(13-18(19)20-3-1-2-12-24-20)26-22(29)14-25-16-7-4-15(5-8-16)6-11-21(28)27-30/h1-13,22,25-26,29-30H,14H2,(H,27,28)/b11-6+. The first kappa shape index (κ1) is 21.3. The van der Waals surface area contributed by atoms with Crippen molar-refractivity contribution in [2.24, 2.45) is 0 Å². The third-order valence-corrected chi connectivity index (χ3v) is 4.52. The summed E-state index contributed by atoms with van der Waals surface area (Å²) >= 11 is 6.29. The number of nitrogens with zero attached hydrogens (tertiary/aromatic N) is 1. The van der Waals surface area contributed by atoms with Crippen molar-refractivity contribution in [2.75, 3.05) is 17.2 Å². The van der Waals surface area contributed by atoms with E-state index in [1.807, 2.05) is 48.5 Å². The van der Waals surface area contributed by atoms with Crippen molar-refractivity contribution < 1.29 is 15.1 Å². The van der Waals surface area contributed by atoms with Gasteiger partial charge in [0.2, 0.25) is 0 Å². The van der Waals surface area contributed by atoms with Crippen LogP contribution >= 0.6 is 11.6 Å². The minimum atomic E-state index is -0.837. The van der Waals surface area contributed by atoms with Crippen LogP contribution < -0.4 is 16.1 Å². The Bertz CT molecular complexity index is 1010. The van der Waals surface area contributed by atoms with Crippen molar-refractivity contribution in [3.63, 3.8) is 0 Å². The molecule has 3 aromatic rings. The van der Waals surface area contributed by atoms with Gasteiger partial charge in [-0.3, -0.25) is 15.0 Å². The molecule has 0 saturated heterocycles. The van der Waals surface area contributed by atoms with E-state index in [0.29, 0.717) is 5.02 Å². The molecule has 2 aromatic carbocycles. The average Bonchev–Trinajstić information content (AvgIpc) is 2.78. The maximum absolute atomic E-state index is 11.0. The van der Waals surface area contributed by atoms with E-state index in [1.54, 1.807) is 24.4 Å². The zero-order valence-electron chi connectivity index (χ0n) is 15.9. The zero-order chi connectivity index (χ0) is 21.3. The first-order valence-electron chi connectivity index (χ1n) is 9.17. The van der Waals surface area contributed by atoms with Crippen molar-refractivity contribution in [2.45, 2.75) is 6.23 Å². The summed E-state index contributed by atoms with van der Waals surface area (Å²) in [5, 5.41) is 25.5. The van der Waals surface area contributed by atoms with Gasteiger partial charge in [-0.2, -0.15) is 0 Å². The van der Waals surface area contributed by atoms with Gasteiger partial charge in [-0.15, -0.1) is 0 Å². The number of carbonyl (C=O) groups is 1. The normalized spacial score (nSPS) is 11.8. The zero-order valence-corrected chi connectivity index (χ0v) is 16.7. The molecule has 0 spiro atoms. The van der Waals surface area contributed by atoms with Crippen LogP contribution in [0.25, 0.3) is 17.3 Å². The van der Waals surface area contributed by atoms with Crippen LogP contribution in [0.1, 0.15) is 5.56 Å². The van der Waals surface area contributed by atoms with Gasteiger partial charge in [0.15, 0.2) is 0 Å². The number of anilines is 2. The first-order chi connectivity index (χ1) is 14.5. The van der Waals surface area contributed by atoms with Gasteiger partial charge in [-0.05, 0) is 54.1 Å². The number of aromatic nitrogens is 1. The molecular formula is C22H21ClN4O3. The molecule has 8 heteroatoms. The Hall–Kier alpha value is -3.39. The van der Waals surface area contributed by atoms with Crippen LogP contribution in [0.5, 0.6) is 0 Å². The van der Waals surface area contributed by atoms with Gasteiger partial charge in [0.05, 0.1) is 17.3 Å². The predicted molar refractivity (Wildman–Crippen MR) is 118 cm³/mol. The van der Waals surface area contributed by atoms with Crippen LogP contribution in [-0.4, -0.2) is 34.0 Å². The second-order valence-corrected chi connectivity index (χ2v) is 6.79. The van der Waals surface area contributed by atoms with Crippen LogP contribution in [0.2, 0.25) is 5.02 Å². The third kappa shape index (κ3) is 6.05. The Morgan fingerprint density at radius 3 is 2.57 bits per heavy atom. The van der Waals surface area contributed by atoms with Gasteiger partial charge in [0.25, 0.3) is 5.91 Å². The Balaban J connectivity index is 1.57. The lowest BCUT2D eigenvalue weighted by Crippen LogP contribution is -2.27.